The number of benzene rings is 1. The van der Waals surface area contributed by atoms with Crippen molar-refractivity contribution < 1.29 is 4.74 Å². The van der Waals surface area contributed by atoms with Gasteiger partial charge in [0.05, 0.1) is 0 Å². The Balaban J connectivity index is 1.61. The second kappa shape index (κ2) is 8.47. The van der Waals surface area contributed by atoms with E-state index in [1.54, 1.807) is 18.7 Å². The maximum absolute atomic E-state index is 5.77. The van der Waals surface area contributed by atoms with Crippen molar-refractivity contribution in [2.45, 2.75) is 6.10 Å². The fourth-order valence-electron chi connectivity index (χ4n) is 3.49. The summed E-state index contributed by atoms with van der Waals surface area (Å²) in [5, 5.41) is 4.28. The van der Waals surface area contributed by atoms with Gasteiger partial charge in [0.25, 0.3) is 0 Å². The number of nitrogens with one attached hydrogen (secondary N) is 1. The Bertz CT molecular complexity index is 1210. The number of fused-ring (bicyclic) bond motifs is 1. The van der Waals surface area contributed by atoms with Crippen molar-refractivity contribution in [1.82, 2.24) is 30.2 Å². The molecular formula is C21H18AsBrN6O. The molecule has 9 heteroatoms. The van der Waals surface area contributed by atoms with Crippen LogP contribution in [-0.2, 0) is 4.74 Å². The van der Waals surface area contributed by atoms with E-state index < -0.39 is 0 Å². The van der Waals surface area contributed by atoms with Gasteiger partial charge >= 0.3 is 184 Å². The number of nitrogens with zero attached hydrogens (tertiary/aromatic N) is 5. The van der Waals surface area contributed by atoms with E-state index in [-0.39, 0.29) is 6.10 Å². The zero-order chi connectivity index (χ0) is 20.5. The monoisotopic (exact) mass is 524 g/mol. The fraction of sp³-hybridized carbons (Fsp3) is 0.190. The summed E-state index contributed by atoms with van der Waals surface area (Å²) >= 11 is 5.02. The molecule has 1 aliphatic heterocycles. The number of aromatic nitrogens is 5. The summed E-state index contributed by atoms with van der Waals surface area (Å²) in [5.41, 5.74) is 4.99. The summed E-state index contributed by atoms with van der Waals surface area (Å²) in [4.78, 5) is 22.8. The minimum absolute atomic E-state index is 0.0697. The van der Waals surface area contributed by atoms with E-state index in [9.17, 15) is 0 Å². The molecule has 3 aromatic heterocycles. The molecule has 0 saturated carbocycles. The summed E-state index contributed by atoms with van der Waals surface area (Å²) < 4.78 is 7.73. The van der Waals surface area contributed by atoms with Crippen LogP contribution in [0.25, 0.3) is 33.5 Å². The first-order chi connectivity index (χ1) is 14.7. The molecule has 2 unspecified atom stereocenters. The first-order valence-electron chi connectivity index (χ1n) is 9.51. The zero-order valence-corrected chi connectivity index (χ0v) is 19.9. The van der Waals surface area contributed by atoms with Gasteiger partial charge in [0, 0.05) is 6.54 Å². The maximum atomic E-state index is 5.77. The van der Waals surface area contributed by atoms with E-state index in [2.05, 4.69) is 53.3 Å². The molecule has 5 rings (SSSR count). The van der Waals surface area contributed by atoms with Crippen LogP contribution in [-0.4, -0.2) is 61.5 Å². The van der Waals surface area contributed by atoms with Gasteiger partial charge in [-0.1, -0.05) is 0 Å². The summed E-state index contributed by atoms with van der Waals surface area (Å²) in [6.07, 6.45) is 5.01. The number of rotatable bonds is 3. The summed E-state index contributed by atoms with van der Waals surface area (Å²) in [5.74, 6) is 0. The van der Waals surface area contributed by atoms with Crippen molar-refractivity contribution in [2.24, 2.45) is 0 Å². The Morgan fingerprint density at radius 2 is 2.00 bits per heavy atom. The summed E-state index contributed by atoms with van der Waals surface area (Å²) in [7, 11) is 0. The average Bonchev–Trinajstić information content (AvgIpc) is 2.79. The molecule has 1 N–H and O–H groups in total. The molecule has 2 atom stereocenters. The molecule has 150 valence electrons. The number of hydrogen-bond acceptors (Lipinski definition) is 7. The predicted molar refractivity (Wildman–Crippen MR) is 121 cm³/mol. The second-order valence-electron chi connectivity index (χ2n) is 6.91. The predicted octanol–water partition coefficient (Wildman–Crippen LogP) is 1.83. The fourth-order valence-corrected chi connectivity index (χ4v) is 4.63. The van der Waals surface area contributed by atoms with Gasteiger partial charge in [-0.3, -0.25) is 0 Å². The molecule has 0 bridgehead atoms. The SMILES string of the molecule is [AsH2]c1ncnc2nc(-c3cnc(C4CNCCO4)cn3)cc(-c3cccc(Br)c3)c12. The van der Waals surface area contributed by atoms with E-state index in [1.807, 2.05) is 18.2 Å². The number of hydrogen-bond donors (Lipinski definition) is 1. The minimum atomic E-state index is -0.0697. The van der Waals surface area contributed by atoms with Crippen LogP contribution < -0.4 is 9.80 Å². The van der Waals surface area contributed by atoms with Crippen LogP contribution in [0.3, 0.4) is 0 Å². The Kier molecular flexibility index (Phi) is 5.56. The van der Waals surface area contributed by atoms with Gasteiger partial charge in [-0.2, -0.15) is 0 Å². The molecule has 0 aliphatic carbocycles. The molecule has 4 aromatic rings. The van der Waals surface area contributed by atoms with Gasteiger partial charge in [0.15, 0.2) is 0 Å². The van der Waals surface area contributed by atoms with E-state index >= 15 is 0 Å². The van der Waals surface area contributed by atoms with Crippen molar-refractivity contribution in [3.8, 4) is 22.5 Å². The van der Waals surface area contributed by atoms with E-state index in [1.165, 1.54) is 16.9 Å². The van der Waals surface area contributed by atoms with Crippen LogP contribution in [0.15, 0.2) is 53.5 Å². The number of pyridine rings is 1. The molecule has 1 fully saturated rings. The third-order valence-corrected chi connectivity index (χ3v) is 6.37. The van der Waals surface area contributed by atoms with Crippen LogP contribution >= 0.6 is 15.9 Å². The molecule has 1 aromatic carbocycles. The van der Waals surface area contributed by atoms with Crippen LogP contribution in [0.4, 0.5) is 0 Å². The molecule has 4 heterocycles. The quantitative estimate of drug-likeness (QED) is 0.409. The molecule has 0 spiro atoms. The Hall–Kier alpha value is -2.25. The van der Waals surface area contributed by atoms with E-state index in [0.717, 1.165) is 49.9 Å². The topological polar surface area (TPSA) is 85.7 Å². The first kappa shape index (κ1) is 19.7. The van der Waals surface area contributed by atoms with E-state index in [0.29, 0.717) is 17.9 Å². The van der Waals surface area contributed by atoms with Crippen molar-refractivity contribution in [2.75, 3.05) is 19.7 Å². The third-order valence-electron chi connectivity index (χ3n) is 4.96. The van der Waals surface area contributed by atoms with Gasteiger partial charge < -0.3 is 0 Å². The first-order valence-corrected chi connectivity index (χ1v) is 11.5. The summed E-state index contributed by atoms with van der Waals surface area (Å²) in [6, 6.07) is 10.2. The number of morpholine rings is 1. The molecule has 0 radical (unpaired) electrons. The van der Waals surface area contributed by atoms with Gasteiger partial charge in [0.1, 0.15) is 0 Å². The average molecular weight is 525 g/mol. The van der Waals surface area contributed by atoms with E-state index in [4.69, 9.17) is 9.72 Å². The van der Waals surface area contributed by atoms with Gasteiger partial charge in [-0.05, 0) is 0 Å². The van der Waals surface area contributed by atoms with Crippen molar-refractivity contribution in [3.63, 3.8) is 0 Å². The van der Waals surface area contributed by atoms with Gasteiger partial charge in [0.2, 0.25) is 0 Å². The third kappa shape index (κ3) is 3.88. The van der Waals surface area contributed by atoms with Gasteiger partial charge in [-0.25, -0.2) is 0 Å². The van der Waals surface area contributed by atoms with Crippen LogP contribution in [0, 0.1) is 0 Å². The zero-order valence-electron chi connectivity index (χ0n) is 15.9. The number of ether oxygens (including phenoxy) is 1. The van der Waals surface area contributed by atoms with Crippen molar-refractivity contribution in [1.29, 1.82) is 0 Å². The normalized spacial score (nSPS) is 16.7. The molecular weight excluding hydrogens is 507 g/mol. The standard InChI is InChI=1S/C21H18AsBrN6O/c22-20-19-14(12-2-1-3-13(23)6-12)7-15(29-21(19)28-11-27-20)16-8-26-17(9-25-16)18-10-24-4-5-30-18/h1-3,6-9,11,18,24H,4-5,10,22H2. The Labute approximate surface area is 190 Å². The van der Waals surface area contributed by atoms with Crippen LogP contribution in [0.2, 0.25) is 0 Å². The summed E-state index contributed by atoms with van der Waals surface area (Å²) in [6.45, 7) is 2.29. The molecule has 0 amide bonds. The second-order valence-corrected chi connectivity index (χ2v) is 8.98. The molecule has 1 aliphatic rings. The molecule has 7 nitrogen and oxygen atoms in total. The Morgan fingerprint density at radius 3 is 2.77 bits per heavy atom. The Morgan fingerprint density at radius 1 is 1.07 bits per heavy atom. The molecule has 1 saturated heterocycles. The van der Waals surface area contributed by atoms with Crippen LogP contribution in [0.5, 0.6) is 0 Å². The van der Waals surface area contributed by atoms with Gasteiger partial charge in [-0.15, -0.1) is 0 Å². The van der Waals surface area contributed by atoms with Crippen LogP contribution in [0.1, 0.15) is 11.8 Å². The molecule has 30 heavy (non-hydrogen) atoms. The van der Waals surface area contributed by atoms with Crippen molar-refractivity contribution in [3.05, 3.63) is 59.2 Å². The van der Waals surface area contributed by atoms with Crippen molar-refractivity contribution >= 4 is 48.3 Å². The number of halogens is 1.